The van der Waals surface area contributed by atoms with E-state index in [1.54, 1.807) is 0 Å². The fourth-order valence-corrected chi connectivity index (χ4v) is 19.5. The van der Waals surface area contributed by atoms with E-state index in [0.717, 1.165) is 141 Å². The molecule has 0 bridgehead atoms. The van der Waals surface area contributed by atoms with Gasteiger partial charge in [-0.3, -0.25) is 4.68 Å². The van der Waals surface area contributed by atoms with Crippen molar-refractivity contribution in [3.8, 4) is 62.1 Å². The largest absolute Gasteiger partial charge is 0.463 e. The standard InChI is InChI=1S/C44H35BN5.C40H35BN5.C38H31BN5.3Pt/c1-32-25-33(2)44(34(3)26-32)45(38-19-14-24-41(28-38)49-31-48(30-46-49)39-20-9-5-10-21-39)37-18-13-17-36(27-37)42-29-43(35-15-7-4-8-16-35)50(47-42)40-22-11-6-12-23-40;1-28-22-29(2)40(30(3)23-28)41(34-15-12-14-33(25-34)39-24-31(4)46(43-39)37-19-10-7-11-20-37)35-16-13-21-38(26-35)45-27-44(32(5)42-45)36-17-8-6-9-18-36;1-28-22-29(2)38(30(3)23-28)39(32-13-10-12-31(24-32)37-20-21-43(41-37)35-17-8-5-9-18-35)33-14-11-19-36(25-33)44-27-42(26-40-44)34-15-6-4-7-16-34;;;/h4-26,29-31H,1-3H3;6-24,27H,1-5H3;4-23,26-27H,1-3H3;;;/q3*-3;;;. The van der Waals surface area contributed by atoms with Gasteiger partial charge in [0, 0.05) is 109 Å². The molecule has 3 aliphatic heterocycles. The molecule has 22 rings (SSSR count). The van der Waals surface area contributed by atoms with Crippen molar-refractivity contribution in [3.05, 3.63) is 494 Å². The van der Waals surface area contributed by atoms with E-state index >= 15 is 0 Å². The summed E-state index contributed by atoms with van der Waals surface area (Å²) in [5.41, 5.74) is 39.0. The van der Waals surface area contributed by atoms with Gasteiger partial charge in [0.2, 0.25) is 0 Å². The Morgan fingerprint density at radius 3 is 0.986 bits per heavy atom. The van der Waals surface area contributed by atoms with Crippen LogP contribution in [0.4, 0.5) is 34.1 Å². The molecule has 0 saturated heterocycles. The third-order valence-corrected chi connectivity index (χ3v) is 25.7. The van der Waals surface area contributed by atoms with E-state index in [4.69, 9.17) is 25.5 Å². The Morgan fingerprint density at radius 1 is 0.266 bits per heavy atom. The Balaban J connectivity index is 0.000000146. The SMILES string of the molecule is CC1=NN(c2[c-]c(B(c3[c-]c(-c4cc(C)n(-c5ccccc5)n4)ccc3)c3c(C)cc(C)cc3C)ccc2)[CH-]N1c1ccccc1.Cc1cc(C)c(B(c2[c-]c(-c3cc(-c4ccccc4)n(-c4ccccc4)n3)ccc2)c2[c-]c(N3[CH-]N(c4ccccc4)C=N3)ccc2)c(C)c1.Cc1cc(C)c(B(c2[c-]c(-c3ccn(-c4ccccc4)n3)ccc2)c2[c-]c(N3[CH-]N(c4ccccc4)C=N3)ccc2)c(C)c1.[Pt].[Pt].[Pt]. The quantitative estimate of drug-likeness (QED) is 0.0484. The molecule has 0 spiro atoms. The van der Waals surface area contributed by atoms with Gasteiger partial charge < -0.3 is 29.7 Å². The van der Waals surface area contributed by atoms with Gasteiger partial charge in [-0.25, -0.2) is 24.7 Å². The molecule has 3 aromatic heterocycles. The first kappa shape index (κ1) is 99.8. The molecule has 0 fully saturated rings. The molecule has 0 atom stereocenters. The summed E-state index contributed by atoms with van der Waals surface area (Å²) < 4.78 is 5.93. The van der Waals surface area contributed by atoms with E-state index in [0.29, 0.717) is 0 Å². The van der Waals surface area contributed by atoms with Crippen molar-refractivity contribution >= 4 is 122 Å². The Morgan fingerprint density at radius 2 is 0.587 bits per heavy atom. The van der Waals surface area contributed by atoms with Gasteiger partial charge in [0.15, 0.2) is 20.1 Å². The zero-order valence-electron chi connectivity index (χ0n) is 81.1. The summed E-state index contributed by atoms with van der Waals surface area (Å²) >= 11 is 0. The number of amidine groups is 1. The van der Waals surface area contributed by atoms with Crippen molar-refractivity contribution in [2.45, 2.75) is 76.2 Å². The summed E-state index contributed by atoms with van der Waals surface area (Å²) in [6, 6.07) is 153. The second-order valence-electron chi connectivity index (χ2n) is 35.9. The average Bonchev–Trinajstić information content (AvgIpc) is 1.72. The Bertz CT molecular complexity index is 7630. The van der Waals surface area contributed by atoms with Crippen molar-refractivity contribution in [1.82, 2.24) is 29.3 Å². The van der Waals surface area contributed by atoms with Crippen LogP contribution < -0.4 is 78.9 Å². The minimum absolute atomic E-state index is 0. The van der Waals surface area contributed by atoms with Gasteiger partial charge >= 0.3 is 0 Å². The summed E-state index contributed by atoms with van der Waals surface area (Å²) in [4.78, 5) is 6.12. The van der Waals surface area contributed by atoms with Crippen molar-refractivity contribution in [2.24, 2.45) is 15.3 Å². The molecule has 0 amide bonds. The minimum Gasteiger partial charge on any atom is -0.463 e. The monoisotopic (exact) mass is 2390 g/mol. The zero-order chi connectivity index (χ0) is 95.9. The maximum absolute atomic E-state index is 5.16. The van der Waals surface area contributed by atoms with Gasteiger partial charge in [-0.05, 0) is 155 Å². The van der Waals surface area contributed by atoms with Gasteiger partial charge in [0.05, 0.1) is 41.3 Å². The van der Waals surface area contributed by atoms with Gasteiger partial charge in [-0.15, -0.1) is 128 Å². The number of hydrogen-bond donors (Lipinski definition) is 0. The van der Waals surface area contributed by atoms with E-state index in [2.05, 4.69) is 364 Å². The van der Waals surface area contributed by atoms with Crippen LogP contribution in [0.1, 0.15) is 62.7 Å². The minimum atomic E-state index is -0.114. The maximum atomic E-state index is 5.16. The third-order valence-electron chi connectivity index (χ3n) is 25.7. The van der Waals surface area contributed by atoms with Crippen molar-refractivity contribution in [1.29, 1.82) is 0 Å². The van der Waals surface area contributed by atoms with Gasteiger partial charge in [-0.2, -0.15) is 103 Å². The van der Waals surface area contributed by atoms with Crippen LogP contribution in [0.2, 0.25) is 0 Å². The molecule has 19 aromatic rings. The van der Waals surface area contributed by atoms with E-state index < -0.39 is 0 Å². The van der Waals surface area contributed by atoms with Crippen LogP contribution in [0, 0.1) is 126 Å². The molecule has 0 N–H and O–H groups in total. The van der Waals surface area contributed by atoms with Crippen LogP contribution in [-0.4, -0.2) is 68.0 Å². The smallest absolute Gasteiger partial charge is 0.198 e. The van der Waals surface area contributed by atoms with E-state index in [1.165, 1.54) is 66.5 Å². The van der Waals surface area contributed by atoms with Crippen LogP contribution in [0.15, 0.2) is 398 Å². The number of rotatable bonds is 22. The first-order chi connectivity index (χ1) is 68.4. The molecular formula is C122H101B3N15Pt3-9. The zero-order valence-corrected chi connectivity index (χ0v) is 88.0. The van der Waals surface area contributed by atoms with Gasteiger partial charge in [0.25, 0.3) is 0 Å². The molecule has 0 unspecified atom stereocenters. The van der Waals surface area contributed by atoms with E-state index in [9.17, 15) is 0 Å². The molecule has 712 valence electrons. The number of anilines is 6. The molecule has 0 radical (unpaired) electrons. The Hall–Kier alpha value is -14.8. The van der Waals surface area contributed by atoms with Crippen molar-refractivity contribution in [3.63, 3.8) is 0 Å². The Labute approximate surface area is 884 Å². The number of hydrogen-bond acceptors (Lipinski definition) is 12. The topological polar surface area (TPSA) is 110 Å². The number of aromatic nitrogens is 6. The van der Waals surface area contributed by atoms with Gasteiger partial charge in [-0.1, -0.05) is 278 Å². The van der Waals surface area contributed by atoms with Crippen molar-refractivity contribution in [2.75, 3.05) is 29.7 Å². The Kier molecular flexibility index (Phi) is 31.4. The molecular weight excluding hydrogens is 2290 g/mol. The summed E-state index contributed by atoms with van der Waals surface area (Å²) in [6.45, 7) is 29.5. The normalized spacial score (nSPS) is 12.4. The molecule has 0 aliphatic carbocycles. The molecule has 16 aromatic carbocycles. The van der Waals surface area contributed by atoms with E-state index in [1.807, 2.05) is 212 Å². The summed E-state index contributed by atoms with van der Waals surface area (Å²) in [5, 5.41) is 35.0. The maximum Gasteiger partial charge on any atom is 0.198 e. The second-order valence-corrected chi connectivity index (χ2v) is 35.9. The number of benzene rings is 16. The van der Waals surface area contributed by atoms with Crippen LogP contribution in [0.5, 0.6) is 0 Å². The van der Waals surface area contributed by atoms with Crippen LogP contribution >= 0.6 is 0 Å². The fraction of sp³-hybridized carbons (Fsp3) is 0.0902. The number of para-hydroxylation sites is 6. The second kappa shape index (κ2) is 45.0. The predicted molar refractivity (Wildman–Crippen MR) is 583 cm³/mol. The average molecular weight is 2390 g/mol. The molecule has 6 heterocycles. The van der Waals surface area contributed by atoms with Crippen LogP contribution in [0.25, 0.3) is 62.1 Å². The first-order valence-electron chi connectivity index (χ1n) is 47.3. The van der Waals surface area contributed by atoms with E-state index in [-0.39, 0.29) is 83.3 Å². The fourth-order valence-electron chi connectivity index (χ4n) is 19.5. The van der Waals surface area contributed by atoms with Gasteiger partial charge in [0.1, 0.15) is 0 Å². The third kappa shape index (κ3) is 22.1. The van der Waals surface area contributed by atoms with Crippen LogP contribution in [-0.2, 0) is 63.2 Å². The molecule has 3 aliphatic rings. The summed E-state index contributed by atoms with van der Waals surface area (Å²) in [7, 11) is 0. The van der Waals surface area contributed by atoms with Crippen LogP contribution in [0.3, 0.4) is 0 Å². The summed E-state index contributed by atoms with van der Waals surface area (Å²) in [5.74, 6) is 0.901. The number of nitrogens with zero attached hydrogens (tertiary/aromatic N) is 15. The molecule has 21 heteroatoms. The molecule has 15 nitrogen and oxygen atoms in total. The number of hydrazone groups is 3. The summed E-state index contributed by atoms with van der Waals surface area (Å²) in [6.07, 6.45) is 5.66. The molecule has 143 heavy (non-hydrogen) atoms. The first-order valence-corrected chi connectivity index (χ1v) is 47.3. The molecule has 0 saturated carbocycles. The van der Waals surface area contributed by atoms with Crippen molar-refractivity contribution < 1.29 is 63.2 Å². The predicted octanol–water partition coefficient (Wildman–Crippen LogP) is 20.3. The number of aryl methyl sites for hydroxylation is 10.